The van der Waals surface area contributed by atoms with Crippen molar-refractivity contribution in [2.75, 3.05) is 16.8 Å². The van der Waals surface area contributed by atoms with Gasteiger partial charge in [-0.15, -0.1) is 11.8 Å². The number of ether oxygens (including phenoxy) is 1. The van der Waals surface area contributed by atoms with Gasteiger partial charge in [-0.25, -0.2) is 0 Å². The Morgan fingerprint density at radius 1 is 1.00 bits per heavy atom. The Labute approximate surface area is 266 Å². The van der Waals surface area contributed by atoms with Crippen molar-refractivity contribution < 1.29 is 24.2 Å². The molecular weight excluding hydrogens is 611 g/mol. The maximum absolute atomic E-state index is 14.0. The number of thiazole rings is 1. The number of nitrogens with zero attached hydrogens (tertiary/aromatic N) is 1. The SMILES string of the molecule is Cc1ccc(N2C(=O)[C@H]3[C@H]4C[C@@H]([C@@H]3C2=O)[C@@H]2[C@H](c3cccc(OCC(=O)Nc5ccc(O)cc5)c3)c3sc(=O)[nH]c3S[C@H]42)cc1. The maximum Gasteiger partial charge on any atom is 0.305 e. The molecule has 3 N–H and O–H groups in total. The molecule has 4 aliphatic rings. The molecule has 2 saturated carbocycles. The molecule has 1 aromatic heterocycles. The van der Waals surface area contributed by atoms with E-state index in [4.69, 9.17) is 4.74 Å². The van der Waals surface area contributed by atoms with Crippen molar-refractivity contribution in [3.63, 3.8) is 0 Å². The van der Waals surface area contributed by atoms with Crippen LogP contribution >= 0.6 is 23.1 Å². The van der Waals surface area contributed by atoms with Crippen molar-refractivity contribution in [3.8, 4) is 11.5 Å². The molecule has 228 valence electrons. The number of benzene rings is 3. The minimum atomic E-state index is -0.381. The van der Waals surface area contributed by atoms with E-state index < -0.39 is 0 Å². The van der Waals surface area contributed by atoms with Crippen molar-refractivity contribution in [2.24, 2.45) is 29.6 Å². The molecule has 0 radical (unpaired) electrons. The summed E-state index contributed by atoms with van der Waals surface area (Å²) >= 11 is 2.86. The highest BCUT2D eigenvalue weighted by atomic mass is 32.2. The molecule has 7 atom stereocenters. The number of phenols is 1. The Balaban J connectivity index is 1.08. The van der Waals surface area contributed by atoms with Crippen molar-refractivity contribution in [2.45, 2.75) is 29.5 Å². The number of carbonyl (C=O) groups excluding carboxylic acids is 3. The molecule has 45 heavy (non-hydrogen) atoms. The van der Waals surface area contributed by atoms with Gasteiger partial charge in [-0.2, -0.15) is 0 Å². The fraction of sp³-hybridized carbons (Fsp3) is 0.294. The number of aryl methyl sites for hydroxylation is 1. The fourth-order valence-electron chi connectivity index (χ4n) is 8.03. The fourth-order valence-corrected chi connectivity index (χ4v) is 10.9. The molecule has 8 rings (SSSR count). The van der Waals surface area contributed by atoms with Crippen LogP contribution in [0.1, 0.15) is 28.3 Å². The van der Waals surface area contributed by atoms with Crippen molar-refractivity contribution in [3.05, 3.63) is 98.5 Å². The number of aromatic nitrogens is 1. The molecule has 3 aromatic carbocycles. The number of fused-ring (bicyclic) bond motifs is 9. The number of hydrogen-bond acceptors (Lipinski definition) is 8. The smallest absolute Gasteiger partial charge is 0.305 e. The third kappa shape index (κ3) is 4.59. The van der Waals surface area contributed by atoms with Crippen LogP contribution in [0.2, 0.25) is 0 Å². The molecule has 3 amide bonds. The largest absolute Gasteiger partial charge is 0.508 e. The van der Waals surface area contributed by atoms with E-state index in [0.29, 0.717) is 17.1 Å². The number of carbonyl (C=O) groups is 3. The molecule has 4 aromatic rings. The Morgan fingerprint density at radius 2 is 1.73 bits per heavy atom. The molecular formula is C34H29N3O6S2. The van der Waals surface area contributed by atoms with Gasteiger partial charge in [0.25, 0.3) is 5.91 Å². The van der Waals surface area contributed by atoms with E-state index in [0.717, 1.165) is 27.5 Å². The van der Waals surface area contributed by atoms with Gasteiger partial charge in [0, 0.05) is 21.7 Å². The molecule has 2 bridgehead atoms. The highest BCUT2D eigenvalue weighted by Crippen LogP contribution is 2.68. The summed E-state index contributed by atoms with van der Waals surface area (Å²) in [6.07, 6.45) is 0.806. The van der Waals surface area contributed by atoms with Crippen LogP contribution < -0.4 is 19.8 Å². The summed E-state index contributed by atoms with van der Waals surface area (Å²) in [7, 11) is 0. The van der Waals surface area contributed by atoms with Crippen LogP contribution in [0.3, 0.4) is 0 Å². The van der Waals surface area contributed by atoms with Crippen LogP contribution in [0, 0.1) is 36.5 Å². The summed E-state index contributed by atoms with van der Waals surface area (Å²) in [5.74, 6) is -0.738. The standard InChI is InChI=1S/C34H29N3O6S2/c1-16-5-9-19(10-6-16)37-32(40)27-22-14-23(28(27)33(37)41)29-26(22)25(30-31(44-29)36-34(42)45-30)17-3-2-4-21(13-17)43-15-24(39)35-18-7-11-20(38)12-8-18/h2-13,22-23,25-29,38H,14-15H2,1H3,(H,35,39)(H,36,42)/t22-,23-,25+,26-,27+,28+,29-/m1/s1. The van der Waals surface area contributed by atoms with Gasteiger partial charge in [-0.1, -0.05) is 41.2 Å². The van der Waals surface area contributed by atoms with Gasteiger partial charge in [0.2, 0.25) is 11.8 Å². The molecule has 3 fully saturated rings. The number of amides is 3. The molecule has 0 unspecified atom stereocenters. The van der Waals surface area contributed by atoms with Crippen LogP contribution in [0.5, 0.6) is 11.5 Å². The lowest BCUT2D eigenvalue weighted by Crippen LogP contribution is -2.42. The van der Waals surface area contributed by atoms with Crippen LogP contribution in [0.4, 0.5) is 11.4 Å². The van der Waals surface area contributed by atoms with E-state index in [1.807, 2.05) is 49.4 Å². The zero-order valence-corrected chi connectivity index (χ0v) is 25.8. The van der Waals surface area contributed by atoms with E-state index in [-0.39, 0.29) is 75.7 Å². The Kier molecular flexibility index (Phi) is 6.65. The monoisotopic (exact) mass is 639 g/mol. The summed E-state index contributed by atoms with van der Waals surface area (Å²) in [5, 5.41) is 13.1. The zero-order valence-electron chi connectivity index (χ0n) is 24.1. The van der Waals surface area contributed by atoms with Crippen molar-refractivity contribution in [1.82, 2.24) is 4.98 Å². The molecule has 3 heterocycles. The zero-order chi connectivity index (χ0) is 31.0. The lowest BCUT2D eigenvalue weighted by atomic mass is 9.68. The minimum absolute atomic E-state index is 0.000381. The number of aromatic amines is 1. The van der Waals surface area contributed by atoms with Gasteiger partial charge in [0.15, 0.2) is 6.61 Å². The predicted octanol–water partition coefficient (Wildman–Crippen LogP) is 5.15. The average molecular weight is 640 g/mol. The molecule has 0 spiro atoms. The number of rotatable bonds is 6. The molecule has 2 aliphatic heterocycles. The van der Waals surface area contributed by atoms with Crippen LogP contribution in [-0.2, 0) is 14.4 Å². The van der Waals surface area contributed by atoms with E-state index >= 15 is 0 Å². The predicted molar refractivity (Wildman–Crippen MR) is 171 cm³/mol. The second kappa shape index (κ2) is 10.6. The first-order chi connectivity index (χ1) is 21.8. The van der Waals surface area contributed by atoms with E-state index in [1.165, 1.54) is 28.4 Å². The lowest BCUT2D eigenvalue weighted by Gasteiger charge is -2.43. The first-order valence-electron chi connectivity index (χ1n) is 14.9. The Hall–Kier alpha value is -4.35. The van der Waals surface area contributed by atoms with Crippen LogP contribution in [0.15, 0.2) is 82.6 Å². The summed E-state index contributed by atoms with van der Waals surface area (Å²) in [4.78, 5) is 58.2. The minimum Gasteiger partial charge on any atom is -0.508 e. The highest BCUT2D eigenvalue weighted by Gasteiger charge is 2.69. The summed E-state index contributed by atoms with van der Waals surface area (Å²) in [5.41, 5.74) is 3.19. The van der Waals surface area contributed by atoms with Gasteiger partial charge >= 0.3 is 4.87 Å². The number of hydrogen-bond donors (Lipinski definition) is 3. The van der Waals surface area contributed by atoms with Gasteiger partial charge in [-0.05, 0) is 85.2 Å². The van der Waals surface area contributed by atoms with Crippen LogP contribution in [-0.4, -0.2) is 39.7 Å². The molecule has 2 aliphatic carbocycles. The molecule has 9 nitrogen and oxygen atoms in total. The number of phenolic OH excluding ortho intramolecular Hbond substituents is 1. The number of H-pyrrole nitrogens is 1. The molecule has 1 saturated heterocycles. The second-order valence-electron chi connectivity index (χ2n) is 12.3. The average Bonchev–Trinajstić information content (AvgIpc) is 3.77. The first-order valence-corrected chi connectivity index (χ1v) is 16.6. The second-order valence-corrected chi connectivity index (χ2v) is 14.5. The number of nitrogens with one attached hydrogen (secondary N) is 2. The van der Waals surface area contributed by atoms with Gasteiger partial charge < -0.3 is 20.1 Å². The van der Waals surface area contributed by atoms with E-state index in [2.05, 4.69) is 10.3 Å². The first kappa shape index (κ1) is 28.1. The summed E-state index contributed by atoms with van der Waals surface area (Å²) in [6.45, 7) is 1.77. The van der Waals surface area contributed by atoms with Gasteiger partial charge in [0.05, 0.1) is 22.5 Å². The van der Waals surface area contributed by atoms with Crippen molar-refractivity contribution in [1.29, 1.82) is 0 Å². The van der Waals surface area contributed by atoms with E-state index in [1.54, 1.807) is 30.0 Å². The van der Waals surface area contributed by atoms with E-state index in [9.17, 15) is 24.3 Å². The van der Waals surface area contributed by atoms with Crippen LogP contribution in [0.25, 0.3) is 0 Å². The Bertz CT molecular complexity index is 1900. The topological polar surface area (TPSA) is 129 Å². The number of imide groups is 1. The van der Waals surface area contributed by atoms with Crippen molar-refractivity contribution >= 4 is 52.2 Å². The lowest BCUT2D eigenvalue weighted by molar-refractivity contribution is -0.123. The normalized spacial score (nSPS) is 27.7. The highest BCUT2D eigenvalue weighted by molar-refractivity contribution is 8.00. The number of thioether (sulfide) groups is 1. The summed E-state index contributed by atoms with van der Waals surface area (Å²) < 4.78 is 5.90. The quantitative estimate of drug-likeness (QED) is 0.197. The number of aromatic hydroxyl groups is 1. The van der Waals surface area contributed by atoms with Gasteiger partial charge in [0.1, 0.15) is 11.5 Å². The third-order valence-electron chi connectivity index (χ3n) is 9.75. The molecule has 11 heteroatoms. The number of anilines is 2. The third-order valence-corrected chi connectivity index (χ3v) is 12.3. The maximum atomic E-state index is 14.0. The Morgan fingerprint density at radius 3 is 2.49 bits per heavy atom. The van der Waals surface area contributed by atoms with Gasteiger partial charge in [-0.3, -0.25) is 24.1 Å². The summed E-state index contributed by atoms with van der Waals surface area (Å²) in [6, 6.07) is 21.3.